The summed E-state index contributed by atoms with van der Waals surface area (Å²) in [7, 11) is 1.66. The fourth-order valence-corrected chi connectivity index (χ4v) is 1.92. The van der Waals surface area contributed by atoms with E-state index < -0.39 is 0 Å². The van der Waals surface area contributed by atoms with Crippen molar-refractivity contribution in [3.05, 3.63) is 0 Å². The normalized spacial score (nSPS) is 15.9. The summed E-state index contributed by atoms with van der Waals surface area (Å²) in [5.74, 6) is 0.908. The van der Waals surface area contributed by atoms with Gasteiger partial charge < -0.3 is 15.4 Å². The first-order valence-corrected chi connectivity index (χ1v) is 6.24. The number of carbonyl (C=O) groups excluding carboxylic acids is 1. The van der Waals surface area contributed by atoms with Gasteiger partial charge in [-0.25, -0.2) is 0 Å². The molecule has 1 aliphatic carbocycles. The van der Waals surface area contributed by atoms with Crippen molar-refractivity contribution < 1.29 is 9.53 Å². The van der Waals surface area contributed by atoms with Gasteiger partial charge in [-0.1, -0.05) is 6.42 Å². The third-order valence-corrected chi connectivity index (χ3v) is 3.24. The van der Waals surface area contributed by atoms with Crippen molar-refractivity contribution in [1.29, 1.82) is 0 Å². The Labute approximate surface area is 98.1 Å². The Morgan fingerprint density at radius 1 is 1.44 bits per heavy atom. The van der Waals surface area contributed by atoms with E-state index in [0.29, 0.717) is 32.0 Å². The van der Waals surface area contributed by atoms with Gasteiger partial charge in [-0.2, -0.15) is 0 Å². The van der Waals surface area contributed by atoms with Crippen molar-refractivity contribution in [2.24, 2.45) is 11.7 Å². The SMILES string of the molecule is COCCN(CCCN)C(=O)CC1CCC1. The van der Waals surface area contributed by atoms with Gasteiger partial charge in [0.05, 0.1) is 6.61 Å². The van der Waals surface area contributed by atoms with Gasteiger partial charge in [0, 0.05) is 26.6 Å². The van der Waals surface area contributed by atoms with E-state index in [1.165, 1.54) is 19.3 Å². The number of hydrogen-bond donors (Lipinski definition) is 1. The molecule has 94 valence electrons. The molecule has 0 aromatic heterocycles. The van der Waals surface area contributed by atoms with Crippen molar-refractivity contribution >= 4 is 5.91 Å². The van der Waals surface area contributed by atoms with Crippen LogP contribution in [0.2, 0.25) is 0 Å². The number of rotatable bonds is 8. The monoisotopic (exact) mass is 228 g/mol. The third kappa shape index (κ3) is 4.49. The summed E-state index contributed by atoms with van der Waals surface area (Å²) in [5.41, 5.74) is 5.48. The van der Waals surface area contributed by atoms with Crippen molar-refractivity contribution in [2.45, 2.75) is 32.1 Å². The lowest BCUT2D eigenvalue weighted by molar-refractivity contribution is -0.133. The summed E-state index contributed by atoms with van der Waals surface area (Å²) >= 11 is 0. The largest absolute Gasteiger partial charge is 0.383 e. The lowest BCUT2D eigenvalue weighted by Gasteiger charge is -2.29. The molecule has 0 aromatic carbocycles. The van der Waals surface area contributed by atoms with E-state index in [2.05, 4.69) is 0 Å². The van der Waals surface area contributed by atoms with Crippen LogP contribution in [0.15, 0.2) is 0 Å². The van der Waals surface area contributed by atoms with Crippen molar-refractivity contribution in [3.63, 3.8) is 0 Å². The number of amides is 1. The molecule has 4 heteroatoms. The molecule has 0 aromatic rings. The van der Waals surface area contributed by atoms with Crippen molar-refractivity contribution in [1.82, 2.24) is 4.90 Å². The number of methoxy groups -OCH3 is 1. The Bertz CT molecular complexity index is 197. The van der Waals surface area contributed by atoms with Crippen LogP contribution in [0.5, 0.6) is 0 Å². The Morgan fingerprint density at radius 3 is 2.69 bits per heavy atom. The molecule has 0 spiro atoms. The second-order valence-corrected chi connectivity index (χ2v) is 4.52. The number of hydrogen-bond acceptors (Lipinski definition) is 3. The maximum Gasteiger partial charge on any atom is 0.222 e. The first-order chi connectivity index (χ1) is 7.77. The summed E-state index contributed by atoms with van der Waals surface area (Å²) in [6.07, 6.45) is 5.33. The quantitative estimate of drug-likeness (QED) is 0.674. The van der Waals surface area contributed by atoms with Crippen LogP contribution < -0.4 is 5.73 Å². The highest BCUT2D eigenvalue weighted by atomic mass is 16.5. The van der Waals surface area contributed by atoms with Gasteiger partial charge in [0.25, 0.3) is 0 Å². The minimum absolute atomic E-state index is 0.273. The number of carbonyl (C=O) groups is 1. The summed E-state index contributed by atoms with van der Waals surface area (Å²) in [4.78, 5) is 13.9. The molecule has 0 radical (unpaired) electrons. The number of nitrogens with zero attached hydrogens (tertiary/aromatic N) is 1. The standard InChI is InChI=1S/C12H24N2O2/c1-16-9-8-14(7-3-6-13)12(15)10-11-4-2-5-11/h11H,2-10,13H2,1H3. The van der Waals surface area contributed by atoms with Crippen LogP contribution in [0.25, 0.3) is 0 Å². The second kappa shape index (κ2) is 7.63. The topological polar surface area (TPSA) is 55.6 Å². The van der Waals surface area contributed by atoms with Crippen LogP contribution in [0.1, 0.15) is 32.1 Å². The smallest absolute Gasteiger partial charge is 0.222 e. The van der Waals surface area contributed by atoms with E-state index in [4.69, 9.17) is 10.5 Å². The first-order valence-electron chi connectivity index (χ1n) is 6.24. The zero-order chi connectivity index (χ0) is 11.8. The van der Waals surface area contributed by atoms with Gasteiger partial charge in [0.15, 0.2) is 0 Å². The molecule has 16 heavy (non-hydrogen) atoms. The zero-order valence-electron chi connectivity index (χ0n) is 10.3. The molecule has 1 aliphatic rings. The highest BCUT2D eigenvalue weighted by molar-refractivity contribution is 5.76. The minimum Gasteiger partial charge on any atom is -0.383 e. The van der Waals surface area contributed by atoms with E-state index in [-0.39, 0.29) is 5.91 Å². The zero-order valence-corrected chi connectivity index (χ0v) is 10.3. The molecule has 0 unspecified atom stereocenters. The molecule has 1 saturated carbocycles. The van der Waals surface area contributed by atoms with Gasteiger partial charge in [0.1, 0.15) is 0 Å². The molecule has 1 amide bonds. The van der Waals surface area contributed by atoms with Crippen LogP contribution >= 0.6 is 0 Å². The lowest BCUT2D eigenvalue weighted by Crippen LogP contribution is -2.37. The molecule has 1 fully saturated rings. The molecule has 4 nitrogen and oxygen atoms in total. The highest BCUT2D eigenvalue weighted by Gasteiger charge is 2.23. The fraction of sp³-hybridized carbons (Fsp3) is 0.917. The molecule has 2 N–H and O–H groups in total. The van der Waals surface area contributed by atoms with E-state index >= 15 is 0 Å². The molecular weight excluding hydrogens is 204 g/mol. The average Bonchev–Trinajstić information content (AvgIpc) is 2.23. The molecule has 0 aliphatic heterocycles. The predicted molar refractivity (Wildman–Crippen MR) is 64.1 cm³/mol. The van der Waals surface area contributed by atoms with Gasteiger partial charge in [0.2, 0.25) is 5.91 Å². The maximum atomic E-state index is 12.0. The second-order valence-electron chi connectivity index (χ2n) is 4.52. The van der Waals surface area contributed by atoms with Crippen LogP contribution in [0, 0.1) is 5.92 Å². The Balaban J connectivity index is 2.29. The van der Waals surface area contributed by atoms with E-state index in [0.717, 1.165) is 13.0 Å². The predicted octanol–water partition coefficient (Wildman–Crippen LogP) is 1.00. The number of nitrogens with two attached hydrogens (primary N) is 1. The van der Waals surface area contributed by atoms with Gasteiger partial charge in [-0.05, 0) is 31.7 Å². The summed E-state index contributed by atoms with van der Waals surface area (Å²) in [5, 5.41) is 0. The van der Waals surface area contributed by atoms with Crippen LogP contribution in [0.4, 0.5) is 0 Å². The molecule has 0 heterocycles. The molecule has 0 saturated heterocycles. The van der Waals surface area contributed by atoms with Gasteiger partial charge >= 0.3 is 0 Å². The van der Waals surface area contributed by atoms with E-state index in [9.17, 15) is 4.79 Å². The number of ether oxygens (including phenoxy) is 1. The van der Waals surface area contributed by atoms with Gasteiger partial charge in [-0.3, -0.25) is 4.79 Å². The van der Waals surface area contributed by atoms with E-state index in [1.54, 1.807) is 7.11 Å². The van der Waals surface area contributed by atoms with Crippen LogP contribution in [0.3, 0.4) is 0 Å². The van der Waals surface area contributed by atoms with Crippen molar-refractivity contribution in [3.8, 4) is 0 Å². The molecular formula is C12H24N2O2. The average molecular weight is 228 g/mol. The lowest BCUT2D eigenvalue weighted by atomic mass is 9.82. The Morgan fingerprint density at radius 2 is 2.19 bits per heavy atom. The Hall–Kier alpha value is -0.610. The van der Waals surface area contributed by atoms with Crippen LogP contribution in [-0.4, -0.2) is 44.2 Å². The highest BCUT2D eigenvalue weighted by Crippen LogP contribution is 2.29. The molecule has 0 atom stereocenters. The summed E-state index contributed by atoms with van der Waals surface area (Å²) < 4.78 is 5.02. The minimum atomic E-state index is 0.273. The third-order valence-electron chi connectivity index (χ3n) is 3.24. The van der Waals surface area contributed by atoms with Crippen molar-refractivity contribution in [2.75, 3.05) is 33.4 Å². The summed E-state index contributed by atoms with van der Waals surface area (Å²) in [6, 6.07) is 0. The Kier molecular flexibility index (Phi) is 6.42. The molecule has 1 rings (SSSR count). The summed E-state index contributed by atoms with van der Waals surface area (Å²) in [6.45, 7) is 2.72. The van der Waals surface area contributed by atoms with Gasteiger partial charge in [-0.15, -0.1) is 0 Å². The molecule has 0 bridgehead atoms. The van der Waals surface area contributed by atoms with Crippen LogP contribution in [-0.2, 0) is 9.53 Å². The first kappa shape index (κ1) is 13.5. The van der Waals surface area contributed by atoms with E-state index in [1.807, 2.05) is 4.90 Å². The maximum absolute atomic E-state index is 12.0. The fourth-order valence-electron chi connectivity index (χ4n) is 1.92.